The van der Waals surface area contributed by atoms with Crippen LogP contribution in [0.5, 0.6) is 0 Å². The number of aromatic nitrogens is 2. The highest BCUT2D eigenvalue weighted by atomic mass is 16.6. The number of amides is 1. The number of carbonyl (C=O) groups excluding carboxylic acids is 1. The van der Waals surface area contributed by atoms with Crippen LogP contribution in [-0.4, -0.2) is 36.8 Å². The average Bonchev–Trinajstić information content (AvgIpc) is 2.77. The van der Waals surface area contributed by atoms with Gasteiger partial charge < -0.3 is 10.4 Å². The number of hydrogen-bond acceptors (Lipinski definition) is 10. The van der Waals surface area contributed by atoms with E-state index in [0.29, 0.717) is 5.69 Å². The molecule has 0 atom stereocenters. The molecule has 1 amide bonds. The summed E-state index contributed by atoms with van der Waals surface area (Å²) in [5.74, 6) is -2.38. The van der Waals surface area contributed by atoms with Gasteiger partial charge in [-0.2, -0.15) is 0 Å². The number of nitro benzene ring substituents is 1. The molecule has 14 heteroatoms. The fourth-order valence-electron chi connectivity index (χ4n) is 2.49. The monoisotopic (exact) mass is 439 g/mol. The molecule has 0 radical (unpaired) electrons. The number of carboxylic acids is 1. The molecule has 0 saturated heterocycles. The Morgan fingerprint density at radius 1 is 0.844 bits per heavy atom. The number of anilines is 3. The Bertz CT molecular complexity index is 1200. The number of benzene rings is 2. The molecule has 4 N–H and O–H groups in total. The van der Waals surface area contributed by atoms with Crippen LogP contribution < -0.4 is 16.2 Å². The van der Waals surface area contributed by atoms with Crippen LogP contribution in [0.3, 0.4) is 0 Å². The highest BCUT2D eigenvalue weighted by Crippen LogP contribution is 2.30. The second-order valence-electron chi connectivity index (χ2n) is 6.07. The molecule has 2 aromatic carbocycles. The summed E-state index contributed by atoms with van der Waals surface area (Å²) in [5.41, 5.74) is 4.20. The molecule has 1 aromatic heterocycles. The summed E-state index contributed by atoms with van der Waals surface area (Å²) in [6.07, 6.45) is 1.02. The van der Waals surface area contributed by atoms with Crippen molar-refractivity contribution < 1.29 is 24.5 Å². The zero-order valence-corrected chi connectivity index (χ0v) is 15.9. The third kappa shape index (κ3) is 4.88. The van der Waals surface area contributed by atoms with Crippen molar-refractivity contribution in [2.75, 3.05) is 10.7 Å². The largest absolute Gasteiger partial charge is 0.478 e. The van der Waals surface area contributed by atoms with Gasteiger partial charge in [0, 0.05) is 23.4 Å². The third-order valence-electron chi connectivity index (χ3n) is 4.03. The van der Waals surface area contributed by atoms with Crippen molar-refractivity contribution in [3.05, 3.63) is 86.2 Å². The van der Waals surface area contributed by atoms with Crippen molar-refractivity contribution in [2.45, 2.75) is 0 Å². The first-order valence-electron chi connectivity index (χ1n) is 8.67. The second kappa shape index (κ2) is 9.12. The maximum absolute atomic E-state index is 12.2. The molecule has 162 valence electrons. The van der Waals surface area contributed by atoms with Crippen molar-refractivity contribution in [2.24, 2.45) is 0 Å². The fourth-order valence-corrected chi connectivity index (χ4v) is 2.49. The average molecular weight is 439 g/mol. The molecular formula is C18H13N7O7. The van der Waals surface area contributed by atoms with Gasteiger partial charge in [0.15, 0.2) is 0 Å². The molecule has 0 saturated carbocycles. The minimum Gasteiger partial charge on any atom is -0.478 e. The van der Waals surface area contributed by atoms with Crippen LogP contribution >= 0.6 is 0 Å². The molecule has 3 aromatic rings. The molecule has 0 aliphatic heterocycles. The van der Waals surface area contributed by atoms with Crippen LogP contribution in [0.4, 0.5) is 28.7 Å². The van der Waals surface area contributed by atoms with Crippen LogP contribution in [0.25, 0.3) is 0 Å². The van der Waals surface area contributed by atoms with Gasteiger partial charge in [-0.3, -0.25) is 35.9 Å². The predicted molar refractivity (Wildman–Crippen MR) is 110 cm³/mol. The zero-order valence-electron chi connectivity index (χ0n) is 15.9. The summed E-state index contributed by atoms with van der Waals surface area (Å²) in [6.45, 7) is 0. The van der Waals surface area contributed by atoms with E-state index in [1.807, 2.05) is 0 Å². The topological polar surface area (TPSA) is 203 Å². The molecule has 0 bridgehead atoms. The number of non-ortho nitro benzene ring substituents is 1. The van der Waals surface area contributed by atoms with Gasteiger partial charge in [-0.25, -0.2) is 14.8 Å². The highest BCUT2D eigenvalue weighted by molar-refractivity contribution is 5.95. The van der Waals surface area contributed by atoms with Crippen molar-refractivity contribution in [1.29, 1.82) is 0 Å². The number of nitrogens with one attached hydrogen (secondary N) is 3. The quantitative estimate of drug-likeness (QED) is 0.296. The maximum atomic E-state index is 12.2. The van der Waals surface area contributed by atoms with Gasteiger partial charge in [0.2, 0.25) is 11.6 Å². The van der Waals surface area contributed by atoms with Crippen LogP contribution in [-0.2, 0) is 0 Å². The molecule has 0 aliphatic carbocycles. The van der Waals surface area contributed by atoms with Gasteiger partial charge in [-0.05, 0) is 36.4 Å². The van der Waals surface area contributed by atoms with E-state index in [4.69, 9.17) is 5.11 Å². The van der Waals surface area contributed by atoms with E-state index in [1.165, 1.54) is 36.4 Å². The minimum absolute atomic E-state index is 0.0315. The Morgan fingerprint density at radius 3 is 2.00 bits per heavy atom. The van der Waals surface area contributed by atoms with Crippen molar-refractivity contribution in [3.63, 3.8) is 0 Å². The normalized spacial score (nSPS) is 10.1. The first-order valence-corrected chi connectivity index (χ1v) is 8.67. The lowest BCUT2D eigenvalue weighted by Crippen LogP contribution is -2.30. The van der Waals surface area contributed by atoms with E-state index < -0.39 is 27.4 Å². The number of hydrogen-bond donors (Lipinski definition) is 4. The Morgan fingerprint density at radius 2 is 1.44 bits per heavy atom. The summed E-state index contributed by atoms with van der Waals surface area (Å²) in [5, 5.41) is 33.9. The number of nitro groups is 2. The van der Waals surface area contributed by atoms with Gasteiger partial charge in [0.1, 0.15) is 6.33 Å². The van der Waals surface area contributed by atoms with Crippen molar-refractivity contribution >= 4 is 40.6 Å². The number of carbonyl (C=O) groups is 2. The van der Waals surface area contributed by atoms with E-state index in [9.17, 15) is 29.8 Å². The molecule has 0 aliphatic rings. The summed E-state index contributed by atoms with van der Waals surface area (Å²) in [7, 11) is 0. The van der Waals surface area contributed by atoms with Gasteiger partial charge in [-0.1, -0.05) is 0 Å². The first-order chi connectivity index (χ1) is 15.3. The summed E-state index contributed by atoms with van der Waals surface area (Å²) in [4.78, 5) is 51.6. The van der Waals surface area contributed by atoms with E-state index in [1.54, 1.807) is 0 Å². The number of nitrogens with zero attached hydrogens (tertiary/aromatic N) is 4. The van der Waals surface area contributed by atoms with Gasteiger partial charge in [0.05, 0.1) is 15.4 Å². The highest BCUT2D eigenvalue weighted by Gasteiger charge is 2.24. The minimum atomic E-state index is -1.13. The van der Waals surface area contributed by atoms with Gasteiger partial charge >= 0.3 is 11.7 Å². The second-order valence-corrected chi connectivity index (χ2v) is 6.07. The molecular weight excluding hydrogens is 426 g/mol. The lowest BCUT2D eigenvalue weighted by atomic mass is 10.2. The van der Waals surface area contributed by atoms with Crippen LogP contribution in [0.15, 0.2) is 54.9 Å². The molecule has 14 nitrogen and oxygen atoms in total. The molecule has 1 heterocycles. The van der Waals surface area contributed by atoms with E-state index in [0.717, 1.165) is 18.5 Å². The molecule has 3 rings (SSSR count). The Labute approximate surface area is 178 Å². The number of aromatic carboxylic acids is 1. The Hall–Kier alpha value is -5.14. The summed E-state index contributed by atoms with van der Waals surface area (Å²) in [6, 6.07) is 10.1. The Kier molecular flexibility index (Phi) is 6.15. The lowest BCUT2D eigenvalue weighted by molar-refractivity contribution is -0.384. The van der Waals surface area contributed by atoms with E-state index in [2.05, 4.69) is 26.1 Å². The number of rotatable bonds is 8. The lowest BCUT2D eigenvalue weighted by Gasteiger charge is -2.11. The first kappa shape index (κ1) is 21.6. The Balaban J connectivity index is 1.78. The van der Waals surface area contributed by atoms with Crippen LogP contribution in [0.2, 0.25) is 0 Å². The molecule has 0 fully saturated rings. The summed E-state index contributed by atoms with van der Waals surface area (Å²) >= 11 is 0. The smallest absolute Gasteiger partial charge is 0.355 e. The SMILES string of the molecule is O=C(O)c1ccc(Nc2ncnc(NNC(=O)c3ccc([N+](=O)[O-])cc3)c2[N+](=O)[O-])cc1. The van der Waals surface area contributed by atoms with Crippen LogP contribution in [0.1, 0.15) is 20.7 Å². The zero-order chi connectivity index (χ0) is 23.3. The van der Waals surface area contributed by atoms with Gasteiger partial charge in [0.25, 0.3) is 11.6 Å². The number of carboxylic acid groups (broad SMARTS) is 1. The number of hydrazine groups is 1. The molecule has 0 unspecified atom stereocenters. The van der Waals surface area contributed by atoms with Crippen molar-refractivity contribution in [3.8, 4) is 0 Å². The van der Waals surface area contributed by atoms with Gasteiger partial charge in [-0.15, -0.1) is 0 Å². The van der Waals surface area contributed by atoms with Crippen molar-refractivity contribution in [1.82, 2.24) is 15.4 Å². The molecule has 0 spiro atoms. The summed E-state index contributed by atoms with van der Waals surface area (Å²) < 4.78 is 0. The fraction of sp³-hybridized carbons (Fsp3) is 0. The standard InChI is InChI=1S/C18H13N7O7/c26-17(10-3-7-13(8-4-10)24(29)30)23-22-16-14(25(31)32)15(19-9-20-16)21-12-5-1-11(2-6-12)18(27)28/h1-9H,(H,23,26)(H,27,28)(H2,19,20,21,22). The van der Waals surface area contributed by atoms with E-state index in [-0.39, 0.29) is 28.5 Å². The molecule has 32 heavy (non-hydrogen) atoms. The maximum Gasteiger partial charge on any atom is 0.355 e. The van der Waals surface area contributed by atoms with Crippen LogP contribution in [0, 0.1) is 20.2 Å². The third-order valence-corrected chi connectivity index (χ3v) is 4.03. The van der Waals surface area contributed by atoms with E-state index >= 15 is 0 Å². The predicted octanol–water partition coefficient (Wildman–Crippen LogP) is 2.49.